The van der Waals surface area contributed by atoms with Crippen LogP contribution in [0, 0.1) is 0 Å². The Morgan fingerprint density at radius 1 is 1.21 bits per heavy atom. The standard InChI is InChI=1S/C8H10F5NO5/c9-7(10,8(11,12)13)6(18)19-3-4(15)1-14-2-5(16)17/h4,14-15H,1-3H2,(H,16,17). The van der Waals surface area contributed by atoms with Crippen molar-refractivity contribution >= 4 is 11.9 Å². The minimum absolute atomic E-state index is 0.461. The van der Waals surface area contributed by atoms with E-state index >= 15 is 0 Å². The van der Waals surface area contributed by atoms with E-state index < -0.39 is 49.8 Å². The van der Waals surface area contributed by atoms with Crippen molar-refractivity contribution in [1.82, 2.24) is 5.32 Å². The number of rotatable bonds is 7. The number of ether oxygens (including phenoxy) is 1. The van der Waals surface area contributed by atoms with Gasteiger partial charge in [0, 0.05) is 6.54 Å². The van der Waals surface area contributed by atoms with Gasteiger partial charge in [0.25, 0.3) is 0 Å². The lowest BCUT2D eigenvalue weighted by atomic mass is 10.3. The maximum Gasteiger partial charge on any atom is 0.465 e. The van der Waals surface area contributed by atoms with Crippen molar-refractivity contribution in [2.45, 2.75) is 18.2 Å². The molecule has 0 aromatic carbocycles. The van der Waals surface area contributed by atoms with E-state index in [1.54, 1.807) is 0 Å². The molecular weight excluding hydrogens is 285 g/mol. The lowest BCUT2D eigenvalue weighted by Gasteiger charge is -2.19. The van der Waals surface area contributed by atoms with Gasteiger partial charge in [-0.25, -0.2) is 4.79 Å². The third-order valence-corrected chi connectivity index (χ3v) is 1.68. The first kappa shape index (κ1) is 17.5. The smallest absolute Gasteiger partial charge is 0.465 e. The summed E-state index contributed by atoms with van der Waals surface area (Å²) in [6.07, 6.45) is -7.70. The molecule has 0 aliphatic rings. The predicted octanol–water partition coefficient (Wildman–Crippen LogP) is -0.238. The Hall–Kier alpha value is -1.49. The molecule has 0 aromatic heterocycles. The van der Waals surface area contributed by atoms with Crippen LogP contribution in [0.25, 0.3) is 0 Å². The summed E-state index contributed by atoms with van der Waals surface area (Å²) < 4.78 is 63.4. The normalized spacial score (nSPS) is 14.0. The Balaban J connectivity index is 4.13. The number of nitrogens with one attached hydrogen (secondary N) is 1. The van der Waals surface area contributed by atoms with Gasteiger partial charge in [-0.15, -0.1) is 0 Å². The van der Waals surface area contributed by atoms with Crippen LogP contribution in [0.3, 0.4) is 0 Å². The second kappa shape index (κ2) is 6.61. The maximum atomic E-state index is 12.4. The van der Waals surface area contributed by atoms with Gasteiger partial charge in [-0.3, -0.25) is 4.79 Å². The van der Waals surface area contributed by atoms with Crippen LogP contribution in [0.5, 0.6) is 0 Å². The molecule has 6 nitrogen and oxygen atoms in total. The van der Waals surface area contributed by atoms with E-state index in [4.69, 9.17) is 10.2 Å². The zero-order valence-corrected chi connectivity index (χ0v) is 9.21. The fraction of sp³-hybridized carbons (Fsp3) is 0.750. The van der Waals surface area contributed by atoms with Gasteiger partial charge in [-0.1, -0.05) is 0 Å². The molecule has 19 heavy (non-hydrogen) atoms. The van der Waals surface area contributed by atoms with E-state index in [2.05, 4.69) is 10.1 Å². The number of aliphatic carboxylic acids is 1. The second-order valence-corrected chi connectivity index (χ2v) is 3.35. The molecule has 0 rings (SSSR count). The number of aliphatic hydroxyl groups is 1. The Kier molecular flexibility index (Phi) is 6.09. The van der Waals surface area contributed by atoms with E-state index in [1.165, 1.54) is 0 Å². The SMILES string of the molecule is O=C(O)CNCC(O)COC(=O)C(F)(F)C(F)(F)F. The quantitative estimate of drug-likeness (QED) is 0.443. The van der Waals surface area contributed by atoms with Crippen LogP contribution in [0.1, 0.15) is 0 Å². The molecule has 0 aromatic rings. The topological polar surface area (TPSA) is 95.9 Å². The molecule has 0 fully saturated rings. The van der Waals surface area contributed by atoms with E-state index in [9.17, 15) is 31.5 Å². The maximum absolute atomic E-state index is 12.4. The van der Waals surface area contributed by atoms with Gasteiger partial charge in [-0.2, -0.15) is 22.0 Å². The van der Waals surface area contributed by atoms with Crippen LogP contribution in [-0.4, -0.2) is 60.1 Å². The minimum Gasteiger partial charge on any atom is -0.480 e. The molecule has 1 unspecified atom stereocenters. The number of carbonyl (C=O) groups is 2. The zero-order chi connectivity index (χ0) is 15.3. The molecule has 0 spiro atoms. The highest BCUT2D eigenvalue weighted by molar-refractivity contribution is 5.78. The van der Waals surface area contributed by atoms with Crippen molar-refractivity contribution in [3.05, 3.63) is 0 Å². The first-order valence-electron chi connectivity index (χ1n) is 4.70. The highest BCUT2D eigenvalue weighted by Crippen LogP contribution is 2.36. The fourth-order valence-corrected chi connectivity index (χ4v) is 0.783. The number of hydrogen-bond acceptors (Lipinski definition) is 5. The Morgan fingerprint density at radius 3 is 2.16 bits per heavy atom. The lowest BCUT2D eigenvalue weighted by molar-refractivity contribution is -0.281. The molecule has 112 valence electrons. The number of alkyl halides is 5. The van der Waals surface area contributed by atoms with E-state index in [-0.39, 0.29) is 0 Å². The highest BCUT2D eigenvalue weighted by Gasteiger charge is 2.64. The number of aliphatic hydroxyl groups excluding tert-OH is 1. The molecule has 0 saturated carbocycles. The number of halogens is 5. The van der Waals surface area contributed by atoms with Gasteiger partial charge in [0.1, 0.15) is 12.7 Å². The van der Waals surface area contributed by atoms with Gasteiger partial charge >= 0.3 is 24.0 Å². The van der Waals surface area contributed by atoms with Crippen molar-refractivity contribution < 1.29 is 46.5 Å². The summed E-state index contributed by atoms with van der Waals surface area (Å²) in [5.41, 5.74) is 0. The Morgan fingerprint density at radius 2 is 1.74 bits per heavy atom. The van der Waals surface area contributed by atoms with Crippen molar-refractivity contribution in [3.8, 4) is 0 Å². The summed E-state index contributed by atoms with van der Waals surface area (Å²) in [6.45, 7) is -2.15. The van der Waals surface area contributed by atoms with Crippen LogP contribution in [0.4, 0.5) is 22.0 Å². The highest BCUT2D eigenvalue weighted by atomic mass is 19.4. The van der Waals surface area contributed by atoms with Crippen LogP contribution in [0.15, 0.2) is 0 Å². The molecule has 0 amide bonds. The molecular formula is C8H10F5NO5. The molecule has 0 aliphatic carbocycles. The summed E-state index contributed by atoms with van der Waals surface area (Å²) in [4.78, 5) is 20.5. The first-order chi connectivity index (χ1) is 8.48. The van der Waals surface area contributed by atoms with Gasteiger partial charge < -0.3 is 20.3 Å². The zero-order valence-electron chi connectivity index (χ0n) is 9.21. The summed E-state index contributed by atoms with van der Waals surface area (Å²) in [5, 5.41) is 19.3. The van der Waals surface area contributed by atoms with Gasteiger partial charge in [0.2, 0.25) is 0 Å². The Bertz CT molecular complexity index is 332. The third-order valence-electron chi connectivity index (χ3n) is 1.68. The molecule has 11 heteroatoms. The number of hydrogen-bond donors (Lipinski definition) is 3. The number of carboxylic acids is 1. The monoisotopic (exact) mass is 295 g/mol. The van der Waals surface area contributed by atoms with Crippen molar-refractivity contribution in [2.75, 3.05) is 19.7 Å². The lowest BCUT2D eigenvalue weighted by Crippen LogP contribution is -2.46. The van der Waals surface area contributed by atoms with Crippen molar-refractivity contribution in [3.63, 3.8) is 0 Å². The third kappa shape index (κ3) is 5.79. The van der Waals surface area contributed by atoms with Crippen LogP contribution in [-0.2, 0) is 14.3 Å². The molecule has 0 bridgehead atoms. The summed E-state index contributed by atoms with van der Waals surface area (Å²) in [6, 6.07) is 0. The molecule has 0 aliphatic heterocycles. The van der Waals surface area contributed by atoms with Gasteiger partial charge in [-0.05, 0) is 0 Å². The largest absolute Gasteiger partial charge is 0.480 e. The number of esters is 1. The number of carbonyl (C=O) groups excluding carboxylic acids is 1. The second-order valence-electron chi connectivity index (χ2n) is 3.35. The number of carboxylic acid groups (broad SMARTS) is 1. The summed E-state index contributed by atoms with van der Waals surface area (Å²) in [7, 11) is 0. The molecule has 3 N–H and O–H groups in total. The van der Waals surface area contributed by atoms with E-state index in [0.717, 1.165) is 0 Å². The van der Waals surface area contributed by atoms with Gasteiger partial charge in [0.05, 0.1) is 6.54 Å². The summed E-state index contributed by atoms with van der Waals surface area (Å²) in [5.74, 6) is -9.77. The van der Waals surface area contributed by atoms with Crippen LogP contribution in [0.2, 0.25) is 0 Å². The average Bonchev–Trinajstić information content (AvgIpc) is 2.23. The molecule has 1 atom stereocenters. The summed E-state index contributed by atoms with van der Waals surface area (Å²) >= 11 is 0. The molecule has 0 saturated heterocycles. The minimum atomic E-state index is -6.09. The van der Waals surface area contributed by atoms with Crippen molar-refractivity contribution in [2.24, 2.45) is 0 Å². The van der Waals surface area contributed by atoms with E-state index in [1.807, 2.05) is 0 Å². The molecule has 0 radical (unpaired) electrons. The Labute approximate surface area is 103 Å². The van der Waals surface area contributed by atoms with Crippen molar-refractivity contribution in [1.29, 1.82) is 0 Å². The average molecular weight is 295 g/mol. The first-order valence-corrected chi connectivity index (χ1v) is 4.70. The van der Waals surface area contributed by atoms with Gasteiger partial charge in [0.15, 0.2) is 0 Å². The predicted molar refractivity (Wildman–Crippen MR) is 48.5 cm³/mol. The fourth-order valence-electron chi connectivity index (χ4n) is 0.783. The van der Waals surface area contributed by atoms with Crippen LogP contribution < -0.4 is 5.32 Å². The molecule has 0 heterocycles. The van der Waals surface area contributed by atoms with Crippen LogP contribution >= 0.6 is 0 Å². The van der Waals surface area contributed by atoms with E-state index in [0.29, 0.717) is 0 Å².